The lowest BCUT2D eigenvalue weighted by molar-refractivity contribution is -0.384. The molecule has 0 amide bonds. The number of alkyl halides is 2. The van der Waals surface area contributed by atoms with Crippen LogP contribution in [-0.4, -0.2) is 41.0 Å². The van der Waals surface area contributed by atoms with E-state index >= 15 is 0 Å². The van der Waals surface area contributed by atoms with Gasteiger partial charge in [0.1, 0.15) is 0 Å². The van der Waals surface area contributed by atoms with Gasteiger partial charge in [-0.05, 0) is 12.0 Å². The number of benzene rings is 1. The van der Waals surface area contributed by atoms with E-state index in [1.165, 1.54) is 12.1 Å². The first kappa shape index (κ1) is 18.6. The van der Waals surface area contributed by atoms with E-state index in [0.717, 1.165) is 12.0 Å². The first-order chi connectivity index (χ1) is 11.0. The molecule has 1 fully saturated rings. The number of nitrogens with zero attached hydrogens (tertiary/aromatic N) is 2. The lowest BCUT2D eigenvalue weighted by atomic mass is 10.0. The third-order valence-corrected chi connectivity index (χ3v) is 6.53. The van der Waals surface area contributed by atoms with Crippen LogP contribution in [0, 0.1) is 10.1 Å². The highest BCUT2D eigenvalue weighted by Crippen LogP contribution is 2.46. The molecule has 0 saturated carbocycles. The molecule has 1 heterocycles. The van der Waals surface area contributed by atoms with Crippen molar-refractivity contribution in [1.29, 1.82) is 0 Å². The van der Waals surface area contributed by atoms with Crippen molar-refractivity contribution in [2.45, 2.75) is 12.5 Å². The van der Waals surface area contributed by atoms with Crippen LogP contribution in [0.4, 0.5) is 5.69 Å². The third-order valence-electron chi connectivity index (χ3n) is 3.68. The Morgan fingerprint density at radius 3 is 2.39 bits per heavy atom. The van der Waals surface area contributed by atoms with Crippen molar-refractivity contribution >= 4 is 36.5 Å². The number of halogens is 2. The van der Waals surface area contributed by atoms with Gasteiger partial charge < -0.3 is 0 Å². The summed E-state index contributed by atoms with van der Waals surface area (Å²) in [5, 5.41) is 16.9. The largest absolute Gasteiger partial charge is 0.282 e. The monoisotopic (exact) mass is 380 g/mol. The van der Waals surface area contributed by atoms with E-state index in [2.05, 4.69) is 10.2 Å². The zero-order chi connectivity index (χ0) is 16.9. The number of hydrogen-bond acceptors (Lipinski definition) is 3. The van der Waals surface area contributed by atoms with Gasteiger partial charge in [0.15, 0.2) is 0 Å². The predicted molar refractivity (Wildman–Crippen MR) is 92.2 cm³/mol. The van der Waals surface area contributed by atoms with E-state index in [4.69, 9.17) is 23.2 Å². The highest BCUT2D eigenvalue weighted by atomic mass is 35.5. The number of hydrogen-bond donors (Lipinski definition) is 2. The van der Waals surface area contributed by atoms with Gasteiger partial charge in [0.05, 0.1) is 4.92 Å². The molecule has 1 saturated heterocycles. The molecular formula is C13H19Cl2N4O3P. The minimum absolute atomic E-state index is 0.0387. The second kappa shape index (κ2) is 8.42. The summed E-state index contributed by atoms with van der Waals surface area (Å²) in [6.07, 6.45) is 0.734. The second-order valence-electron chi connectivity index (χ2n) is 5.13. The van der Waals surface area contributed by atoms with Gasteiger partial charge in [0.25, 0.3) is 13.3 Å². The molecular weight excluding hydrogens is 362 g/mol. The van der Waals surface area contributed by atoms with E-state index in [-0.39, 0.29) is 11.7 Å². The van der Waals surface area contributed by atoms with Crippen LogP contribution >= 0.6 is 30.8 Å². The number of nitrogens with one attached hydrogen (secondary N) is 2. The number of rotatable bonds is 7. The molecule has 1 aliphatic heterocycles. The van der Waals surface area contributed by atoms with Crippen LogP contribution in [0.25, 0.3) is 0 Å². The Kier molecular flexibility index (Phi) is 6.83. The van der Waals surface area contributed by atoms with Gasteiger partial charge in [-0.1, -0.05) is 12.1 Å². The zero-order valence-corrected chi connectivity index (χ0v) is 14.9. The normalized spacial score (nSPS) is 24.7. The Morgan fingerprint density at radius 2 is 1.87 bits per heavy atom. The smallest absolute Gasteiger partial charge is 0.271 e. The van der Waals surface area contributed by atoms with Crippen molar-refractivity contribution in [2.75, 3.05) is 31.4 Å². The molecule has 2 N–H and O–H groups in total. The second-order valence-corrected chi connectivity index (χ2v) is 8.18. The van der Waals surface area contributed by atoms with Gasteiger partial charge in [0.2, 0.25) is 0 Å². The molecule has 2 rings (SSSR count). The lowest BCUT2D eigenvalue weighted by Gasteiger charge is -2.38. The molecule has 0 spiro atoms. The van der Waals surface area contributed by atoms with Crippen LogP contribution in [-0.2, 0) is 4.57 Å². The van der Waals surface area contributed by atoms with Crippen molar-refractivity contribution in [3.8, 4) is 0 Å². The molecule has 0 bridgehead atoms. The Labute approximate surface area is 145 Å². The average molecular weight is 381 g/mol. The number of non-ortho nitro benzene ring substituents is 1. The van der Waals surface area contributed by atoms with E-state index in [9.17, 15) is 14.7 Å². The maximum absolute atomic E-state index is 13.2. The van der Waals surface area contributed by atoms with Gasteiger partial charge in [0, 0.05) is 49.6 Å². The topological polar surface area (TPSA) is 87.5 Å². The molecule has 0 unspecified atom stereocenters. The first-order valence-corrected chi connectivity index (χ1v) is 9.97. The minimum atomic E-state index is -2.98. The van der Waals surface area contributed by atoms with Crippen molar-refractivity contribution in [2.24, 2.45) is 0 Å². The first-order valence-electron chi connectivity index (χ1n) is 7.25. The maximum Gasteiger partial charge on any atom is 0.282 e. The summed E-state index contributed by atoms with van der Waals surface area (Å²) >= 11 is 11.6. The Hall–Kier alpha value is -0.690. The molecule has 2 atom stereocenters. The molecule has 0 aromatic heterocycles. The average Bonchev–Trinajstić information content (AvgIpc) is 2.55. The molecule has 7 nitrogen and oxygen atoms in total. The summed E-state index contributed by atoms with van der Waals surface area (Å²) in [6, 6.07) is 6.16. The van der Waals surface area contributed by atoms with Crippen LogP contribution < -0.4 is 10.2 Å². The van der Waals surface area contributed by atoms with Gasteiger partial charge in [-0.3, -0.25) is 14.7 Å². The summed E-state index contributed by atoms with van der Waals surface area (Å²) in [5.41, 5.74) is 0.908. The fraction of sp³-hybridized carbons (Fsp3) is 0.538. The Balaban J connectivity index is 2.15. The molecule has 1 aliphatic rings. The molecule has 0 aliphatic carbocycles. The highest BCUT2D eigenvalue weighted by Gasteiger charge is 2.35. The van der Waals surface area contributed by atoms with Crippen LogP contribution in [0.1, 0.15) is 18.0 Å². The van der Waals surface area contributed by atoms with Crippen molar-refractivity contribution in [1.82, 2.24) is 14.8 Å². The van der Waals surface area contributed by atoms with Crippen LogP contribution in [0.5, 0.6) is 0 Å². The lowest BCUT2D eigenvalue weighted by Crippen LogP contribution is -2.43. The summed E-state index contributed by atoms with van der Waals surface area (Å²) in [4.78, 5) is 10.3. The van der Waals surface area contributed by atoms with E-state index in [0.29, 0.717) is 31.4 Å². The fourth-order valence-corrected chi connectivity index (χ4v) is 5.52. The molecule has 128 valence electrons. The molecule has 1 aromatic rings. The summed E-state index contributed by atoms with van der Waals surface area (Å²) in [5.74, 6) is 0.707. The summed E-state index contributed by atoms with van der Waals surface area (Å²) in [6.45, 7) is 1.49. The SMILES string of the molecule is O=[N+]([O-])c1ccc([C@@H]2CCN[P@](=O)(N(CCCl)CCCl)N2)cc1. The maximum atomic E-state index is 13.2. The Morgan fingerprint density at radius 1 is 1.26 bits per heavy atom. The molecule has 10 heteroatoms. The van der Waals surface area contributed by atoms with Gasteiger partial charge in [-0.25, -0.2) is 14.8 Å². The van der Waals surface area contributed by atoms with Gasteiger partial charge >= 0.3 is 0 Å². The summed E-state index contributed by atoms with van der Waals surface area (Å²) in [7, 11) is -2.98. The quantitative estimate of drug-likeness (QED) is 0.327. The van der Waals surface area contributed by atoms with Crippen LogP contribution in [0.15, 0.2) is 24.3 Å². The molecule has 1 aromatic carbocycles. The predicted octanol–water partition coefficient (Wildman–Crippen LogP) is 3.11. The van der Waals surface area contributed by atoms with E-state index < -0.39 is 12.5 Å². The van der Waals surface area contributed by atoms with E-state index in [1.54, 1.807) is 16.8 Å². The summed E-state index contributed by atoms with van der Waals surface area (Å²) < 4.78 is 14.9. The van der Waals surface area contributed by atoms with Crippen LogP contribution in [0.2, 0.25) is 0 Å². The molecule has 0 radical (unpaired) electrons. The van der Waals surface area contributed by atoms with Crippen molar-refractivity contribution in [3.63, 3.8) is 0 Å². The number of nitro groups is 1. The fourth-order valence-electron chi connectivity index (χ4n) is 2.52. The molecule has 23 heavy (non-hydrogen) atoms. The number of nitro benzene ring substituents is 1. The highest BCUT2D eigenvalue weighted by molar-refractivity contribution is 7.57. The van der Waals surface area contributed by atoms with Gasteiger partial charge in [-0.2, -0.15) is 0 Å². The Bertz CT molecular complexity index is 581. The van der Waals surface area contributed by atoms with Gasteiger partial charge in [-0.15, -0.1) is 23.2 Å². The van der Waals surface area contributed by atoms with Crippen molar-refractivity contribution in [3.05, 3.63) is 39.9 Å². The minimum Gasteiger partial charge on any atom is -0.271 e. The standard InChI is InChI=1S/C13H19Cl2N4O3P/c14-6-9-18(10-7-15)23(22)16-8-5-13(17-23)11-1-3-12(4-2-11)19(20)21/h1-4,13H,5-10H2,(H2,16,17,22)/t13-,23+/m0/s1. The van der Waals surface area contributed by atoms with Crippen LogP contribution in [0.3, 0.4) is 0 Å². The van der Waals surface area contributed by atoms with Crippen molar-refractivity contribution < 1.29 is 9.49 Å². The van der Waals surface area contributed by atoms with E-state index in [1.807, 2.05) is 0 Å². The third kappa shape index (κ3) is 4.66. The zero-order valence-electron chi connectivity index (χ0n) is 12.5.